The topological polar surface area (TPSA) is 40.6 Å². The Hall–Kier alpha value is -2.62. The molecule has 2 fully saturated rings. The van der Waals surface area contributed by atoms with Gasteiger partial charge >= 0.3 is 0 Å². The van der Waals surface area contributed by atoms with Crippen molar-refractivity contribution in [1.29, 1.82) is 0 Å². The zero-order valence-corrected chi connectivity index (χ0v) is 16.3. The quantitative estimate of drug-likeness (QED) is 0.740. The molecule has 0 radical (unpaired) electrons. The highest BCUT2D eigenvalue weighted by molar-refractivity contribution is 5.84. The van der Waals surface area contributed by atoms with E-state index in [1.54, 1.807) is 0 Å². The zero-order chi connectivity index (χ0) is 19.3. The fourth-order valence-electron chi connectivity index (χ4n) is 4.05. The number of piperidine rings is 1. The van der Waals surface area contributed by atoms with Gasteiger partial charge in [0, 0.05) is 32.1 Å². The SMILES string of the molecule is O=C([C@H]1CCC(=O)N(C2CC2)C1)N(CCc1ccccc1)Cc1ccccc1. The molecule has 0 aromatic heterocycles. The van der Waals surface area contributed by atoms with E-state index < -0.39 is 0 Å². The summed E-state index contributed by atoms with van der Waals surface area (Å²) in [7, 11) is 0. The van der Waals surface area contributed by atoms with E-state index in [1.807, 2.05) is 46.2 Å². The molecule has 1 aliphatic carbocycles. The van der Waals surface area contributed by atoms with E-state index in [1.165, 1.54) is 5.56 Å². The van der Waals surface area contributed by atoms with Gasteiger partial charge in [-0.15, -0.1) is 0 Å². The van der Waals surface area contributed by atoms with E-state index in [0.29, 0.717) is 38.5 Å². The first-order valence-electron chi connectivity index (χ1n) is 10.4. The van der Waals surface area contributed by atoms with E-state index in [-0.39, 0.29) is 17.7 Å². The Bertz CT molecular complexity index is 802. The maximum absolute atomic E-state index is 13.4. The summed E-state index contributed by atoms with van der Waals surface area (Å²) < 4.78 is 0. The zero-order valence-electron chi connectivity index (χ0n) is 16.3. The lowest BCUT2D eigenvalue weighted by molar-refractivity contribution is -0.143. The minimum atomic E-state index is -0.0715. The molecule has 1 aliphatic heterocycles. The molecule has 0 spiro atoms. The molecule has 1 atom stereocenters. The molecule has 146 valence electrons. The Kier molecular flexibility index (Phi) is 5.75. The summed E-state index contributed by atoms with van der Waals surface area (Å²) in [6.07, 6.45) is 4.21. The van der Waals surface area contributed by atoms with Crippen molar-refractivity contribution in [3.63, 3.8) is 0 Å². The molecule has 1 heterocycles. The van der Waals surface area contributed by atoms with E-state index in [4.69, 9.17) is 0 Å². The lowest BCUT2D eigenvalue weighted by Crippen LogP contribution is -2.48. The first-order chi connectivity index (χ1) is 13.7. The van der Waals surface area contributed by atoms with E-state index in [2.05, 4.69) is 24.3 Å². The third kappa shape index (κ3) is 4.61. The third-order valence-electron chi connectivity index (χ3n) is 5.82. The molecular formula is C24H28N2O2. The van der Waals surface area contributed by atoms with Crippen molar-refractivity contribution in [3.8, 4) is 0 Å². The van der Waals surface area contributed by atoms with Crippen LogP contribution in [0.2, 0.25) is 0 Å². The average molecular weight is 377 g/mol. The maximum atomic E-state index is 13.4. The van der Waals surface area contributed by atoms with Crippen LogP contribution in [0, 0.1) is 5.92 Å². The summed E-state index contributed by atoms with van der Waals surface area (Å²) >= 11 is 0. The van der Waals surface area contributed by atoms with Crippen LogP contribution in [-0.4, -0.2) is 40.7 Å². The molecule has 2 amide bonds. The molecule has 28 heavy (non-hydrogen) atoms. The minimum absolute atomic E-state index is 0.0715. The standard InChI is InChI=1S/C24H28N2O2/c27-23-14-11-21(18-26(23)22-12-13-22)24(28)25(17-20-9-5-2-6-10-20)16-15-19-7-3-1-4-8-19/h1-10,21-22H,11-18H2/t21-/m0/s1. The molecule has 2 aromatic carbocycles. The predicted octanol–water partition coefficient (Wildman–Crippen LogP) is 3.66. The summed E-state index contributed by atoms with van der Waals surface area (Å²) in [5.41, 5.74) is 2.39. The Labute approximate surface area is 167 Å². The number of nitrogens with zero attached hydrogens (tertiary/aromatic N) is 2. The van der Waals surface area contributed by atoms with Crippen LogP contribution in [0.4, 0.5) is 0 Å². The van der Waals surface area contributed by atoms with Crippen LogP contribution >= 0.6 is 0 Å². The lowest BCUT2D eigenvalue weighted by atomic mass is 9.95. The summed E-state index contributed by atoms with van der Waals surface area (Å²) in [6.45, 7) is 1.92. The van der Waals surface area contributed by atoms with Gasteiger partial charge in [-0.3, -0.25) is 9.59 Å². The Morgan fingerprint density at radius 3 is 2.21 bits per heavy atom. The van der Waals surface area contributed by atoms with Gasteiger partial charge in [0.25, 0.3) is 0 Å². The third-order valence-corrected chi connectivity index (χ3v) is 5.82. The van der Waals surface area contributed by atoms with Gasteiger partial charge in [-0.05, 0) is 36.8 Å². The monoisotopic (exact) mass is 376 g/mol. The van der Waals surface area contributed by atoms with Crippen molar-refractivity contribution in [2.24, 2.45) is 5.92 Å². The number of carbonyl (C=O) groups is 2. The van der Waals surface area contributed by atoms with Crippen molar-refractivity contribution in [2.75, 3.05) is 13.1 Å². The van der Waals surface area contributed by atoms with Crippen LogP contribution < -0.4 is 0 Å². The van der Waals surface area contributed by atoms with Crippen molar-refractivity contribution in [3.05, 3.63) is 71.8 Å². The van der Waals surface area contributed by atoms with Crippen molar-refractivity contribution < 1.29 is 9.59 Å². The second-order valence-corrected chi connectivity index (χ2v) is 7.99. The molecular weight excluding hydrogens is 348 g/mol. The second-order valence-electron chi connectivity index (χ2n) is 7.99. The highest BCUT2D eigenvalue weighted by atomic mass is 16.2. The largest absolute Gasteiger partial charge is 0.339 e. The molecule has 2 aromatic rings. The molecule has 4 nitrogen and oxygen atoms in total. The van der Waals surface area contributed by atoms with Crippen molar-refractivity contribution in [2.45, 2.75) is 44.7 Å². The number of rotatable bonds is 7. The smallest absolute Gasteiger partial charge is 0.227 e. The van der Waals surface area contributed by atoms with Gasteiger partial charge in [0.15, 0.2) is 0 Å². The highest BCUT2D eigenvalue weighted by Gasteiger charge is 2.39. The Balaban J connectivity index is 1.46. The number of likely N-dealkylation sites (tertiary alicyclic amines) is 1. The van der Waals surface area contributed by atoms with Crippen LogP contribution in [0.1, 0.15) is 36.8 Å². The normalized spacial score (nSPS) is 19.5. The molecule has 0 N–H and O–H groups in total. The molecule has 4 heteroatoms. The highest BCUT2D eigenvalue weighted by Crippen LogP contribution is 2.32. The van der Waals surface area contributed by atoms with Crippen LogP contribution in [0.5, 0.6) is 0 Å². The van der Waals surface area contributed by atoms with Gasteiger partial charge in [-0.25, -0.2) is 0 Å². The number of hydrogen-bond acceptors (Lipinski definition) is 2. The lowest BCUT2D eigenvalue weighted by Gasteiger charge is -2.35. The van der Waals surface area contributed by atoms with Gasteiger partial charge in [-0.2, -0.15) is 0 Å². The number of amides is 2. The minimum Gasteiger partial charge on any atom is -0.339 e. The van der Waals surface area contributed by atoms with Crippen LogP contribution in [-0.2, 0) is 22.6 Å². The number of carbonyl (C=O) groups excluding carboxylic acids is 2. The first-order valence-corrected chi connectivity index (χ1v) is 10.4. The van der Waals surface area contributed by atoms with E-state index >= 15 is 0 Å². The van der Waals surface area contributed by atoms with Gasteiger partial charge in [0.1, 0.15) is 0 Å². The Morgan fingerprint density at radius 1 is 0.929 bits per heavy atom. The van der Waals surface area contributed by atoms with Gasteiger partial charge < -0.3 is 9.80 Å². The molecule has 4 rings (SSSR count). The fourth-order valence-corrected chi connectivity index (χ4v) is 4.05. The second kappa shape index (κ2) is 8.59. The summed E-state index contributed by atoms with van der Waals surface area (Å²) in [5.74, 6) is 0.348. The van der Waals surface area contributed by atoms with Gasteiger partial charge in [-0.1, -0.05) is 60.7 Å². The van der Waals surface area contributed by atoms with Crippen LogP contribution in [0.25, 0.3) is 0 Å². The Morgan fingerprint density at radius 2 is 1.57 bits per heavy atom. The summed E-state index contributed by atoms with van der Waals surface area (Å²) in [5, 5.41) is 0. The van der Waals surface area contributed by atoms with Gasteiger partial charge in [0.05, 0.1) is 5.92 Å². The van der Waals surface area contributed by atoms with E-state index in [9.17, 15) is 9.59 Å². The summed E-state index contributed by atoms with van der Waals surface area (Å²) in [6, 6.07) is 20.9. The number of benzene rings is 2. The first kappa shape index (κ1) is 18.7. The molecule has 2 aliphatic rings. The van der Waals surface area contributed by atoms with E-state index in [0.717, 1.165) is 24.8 Å². The molecule has 0 unspecified atom stereocenters. The number of hydrogen-bond donors (Lipinski definition) is 0. The maximum Gasteiger partial charge on any atom is 0.227 e. The predicted molar refractivity (Wildman–Crippen MR) is 109 cm³/mol. The fraction of sp³-hybridized carbons (Fsp3) is 0.417. The van der Waals surface area contributed by atoms with Crippen molar-refractivity contribution in [1.82, 2.24) is 9.80 Å². The van der Waals surface area contributed by atoms with Crippen LogP contribution in [0.3, 0.4) is 0 Å². The van der Waals surface area contributed by atoms with Crippen molar-refractivity contribution >= 4 is 11.8 Å². The van der Waals surface area contributed by atoms with Gasteiger partial charge in [0.2, 0.25) is 11.8 Å². The average Bonchev–Trinajstić information content (AvgIpc) is 3.58. The molecule has 1 saturated carbocycles. The molecule has 1 saturated heterocycles. The van der Waals surface area contributed by atoms with Crippen LogP contribution in [0.15, 0.2) is 60.7 Å². The molecule has 0 bridgehead atoms. The summed E-state index contributed by atoms with van der Waals surface area (Å²) in [4.78, 5) is 29.6.